The molecule has 6 atom stereocenters. The van der Waals surface area contributed by atoms with Crippen LogP contribution in [-0.4, -0.2) is 48.0 Å². The van der Waals surface area contributed by atoms with Gasteiger partial charge in [0.2, 0.25) is 0 Å². The molecule has 2 fully saturated rings. The molecule has 2 rings (SSSR count). The van der Waals surface area contributed by atoms with Crippen molar-refractivity contribution in [2.45, 2.75) is 65.2 Å². The first-order valence-electron chi connectivity index (χ1n) is 8.05. The summed E-state index contributed by atoms with van der Waals surface area (Å²) in [5.41, 5.74) is 0. The summed E-state index contributed by atoms with van der Waals surface area (Å²) in [6.45, 7) is 11.9. The zero-order valence-corrected chi connectivity index (χ0v) is 13.0. The van der Waals surface area contributed by atoms with E-state index in [1.54, 1.807) is 0 Å². The fraction of sp³-hybridized carbons (Fsp3) is 1.00. The van der Waals surface area contributed by atoms with Gasteiger partial charge in [-0.1, -0.05) is 20.8 Å². The van der Waals surface area contributed by atoms with Gasteiger partial charge in [-0.2, -0.15) is 0 Å². The van der Waals surface area contributed by atoms with E-state index >= 15 is 0 Å². The third-order valence-corrected chi connectivity index (χ3v) is 5.14. The molecule has 0 aromatic carbocycles. The third kappa shape index (κ3) is 3.71. The molecule has 112 valence electrons. The molecule has 1 saturated heterocycles. The summed E-state index contributed by atoms with van der Waals surface area (Å²) in [5.74, 6) is 1.75. The van der Waals surface area contributed by atoms with Gasteiger partial charge in [-0.25, -0.2) is 0 Å². The Morgan fingerprint density at radius 3 is 2.58 bits per heavy atom. The first-order chi connectivity index (χ1) is 9.01. The minimum absolute atomic E-state index is 0.116. The van der Waals surface area contributed by atoms with Crippen molar-refractivity contribution < 1.29 is 9.84 Å². The van der Waals surface area contributed by atoms with E-state index < -0.39 is 0 Å². The molecule has 0 aromatic heterocycles. The topological polar surface area (TPSA) is 32.7 Å². The van der Waals surface area contributed by atoms with Crippen LogP contribution in [0.4, 0.5) is 0 Å². The number of aliphatic hydroxyl groups is 1. The predicted octanol–water partition coefficient (Wildman–Crippen LogP) is 2.53. The van der Waals surface area contributed by atoms with Crippen molar-refractivity contribution in [3.05, 3.63) is 0 Å². The van der Waals surface area contributed by atoms with Gasteiger partial charge in [0.15, 0.2) is 0 Å². The maximum Gasteiger partial charge on any atom is 0.0674 e. The van der Waals surface area contributed by atoms with Crippen molar-refractivity contribution in [1.82, 2.24) is 4.90 Å². The molecule has 0 aromatic rings. The van der Waals surface area contributed by atoms with Crippen LogP contribution in [-0.2, 0) is 4.74 Å². The zero-order chi connectivity index (χ0) is 14.0. The van der Waals surface area contributed by atoms with E-state index in [9.17, 15) is 5.11 Å². The molecule has 1 saturated carbocycles. The standard InChI is InChI=1S/C16H31NO2/c1-5-14-10-19-13(4)8-17(14)9-15-12(3)6-11(2)7-16(15)18/h11-16,18H,5-10H2,1-4H3. The van der Waals surface area contributed by atoms with E-state index in [1.807, 2.05) is 0 Å². The average Bonchev–Trinajstić information content (AvgIpc) is 2.34. The second-order valence-corrected chi connectivity index (χ2v) is 6.94. The molecular formula is C16H31NO2. The molecule has 0 radical (unpaired) electrons. The number of nitrogens with zero attached hydrogens (tertiary/aromatic N) is 1. The summed E-state index contributed by atoms with van der Waals surface area (Å²) in [6, 6.07) is 0.537. The number of hydrogen-bond donors (Lipinski definition) is 1. The highest BCUT2D eigenvalue weighted by Crippen LogP contribution is 2.35. The van der Waals surface area contributed by atoms with Gasteiger partial charge >= 0.3 is 0 Å². The Balaban J connectivity index is 1.97. The van der Waals surface area contributed by atoms with E-state index in [4.69, 9.17) is 4.74 Å². The van der Waals surface area contributed by atoms with Crippen LogP contribution in [0.25, 0.3) is 0 Å². The molecule has 6 unspecified atom stereocenters. The SMILES string of the molecule is CCC1COC(C)CN1CC1C(C)CC(C)CC1O. The molecule has 19 heavy (non-hydrogen) atoms. The highest BCUT2D eigenvalue weighted by molar-refractivity contribution is 4.88. The molecule has 1 aliphatic heterocycles. The molecule has 0 bridgehead atoms. The van der Waals surface area contributed by atoms with Crippen LogP contribution in [0.5, 0.6) is 0 Å². The Morgan fingerprint density at radius 2 is 1.95 bits per heavy atom. The van der Waals surface area contributed by atoms with Crippen molar-refractivity contribution >= 4 is 0 Å². The van der Waals surface area contributed by atoms with Crippen LogP contribution in [0.3, 0.4) is 0 Å². The van der Waals surface area contributed by atoms with Gasteiger partial charge in [0.1, 0.15) is 0 Å². The third-order valence-electron chi connectivity index (χ3n) is 5.14. The zero-order valence-electron chi connectivity index (χ0n) is 13.0. The molecule has 0 amide bonds. The summed E-state index contributed by atoms with van der Waals surface area (Å²) < 4.78 is 5.77. The minimum atomic E-state index is -0.116. The van der Waals surface area contributed by atoms with E-state index in [2.05, 4.69) is 32.6 Å². The van der Waals surface area contributed by atoms with Crippen molar-refractivity contribution in [2.24, 2.45) is 17.8 Å². The van der Waals surface area contributed by atoms with Crippen LogP contribution >= 0.6 is 0 Å². The molecule has 1 heterocycles. The van der Waals surface area contributed by atoms with E-state index in [0.717, 1.165) is 32.5 Å². The summed E-state index contributed by atoms with van der Waals surface area (Å²) in [7, 11) is 0. The largest absolute Gasteiger partial charge is 0.393 e. The number of aliphatic hydroxyl groups excluding tert-OH is 1. The molecule has 2 aliphatic rings. The van der Waals surface area contributed by atoms with Gasteiger partial charge in [-0.05, 0) is 38.0 Å². The van der Waals surface area contributed by atoms with E-state index in [-0.39, 0.29) is 6.10 Å². The second kappa shape index (κ2) is 6.55. The number of rotatable bonds is 3. The molecule has 0 spiro atoms. The lowest BCUT2D eigenvalue weighted by Crippen LogP contribution is -2.53. The van der Waals surface area contributed by atoms with E-state index in [0.29, 0.717) is 29.9 Å². The molecule has 1 N–H and O–H groups in total. The number of hydrogen-bond acceptors (Lipinski definition) is 3. The molecule has 1 aliphatic carbocycles. The van der Waals surface area contributed by atoms with Crippen molar-refractivity contribution in [2.75, 3.05) is 19.7 Å². The lowest BCUT2D eigenvalue weighted by Gasteiger charge is -2.44. The molecule has 3 nitrogen and oxygen atoms in total. The lowest BCUT2D eigenvalue weighted by atomic mass is 9.73. The Bertz CT molecular complexity index is 272. The summed E-state index contributed by atoms with van der Waals surface area (Å²) in [4.78, 5) is 2.56. The van der Waals surface area contributed by atoms with Crippen LogP contribution in [0.15, 0.2) is 0 Å². The predicted molar refractivity (Wildman–Crippen MR) is 78.1 cm³/mol. The smallest absolute Gasteiger partial charge is 0.0674 e. The Labute approximate surface area is 118 Å². The van der Waals surface area contributed by atoms with Crippen molar-refractivity contribution in [3.8, 4) is 0 Å². The number of ether oxygens (including phenoxy) is 1. The van der Waals surface area contributed by atoms with Gasteiger partial charge in [-0.15, -0.1) is 0 Å². The van der Waals surface area contributed by atoms with Crippen LogP contribution < -0.4 is 0 Å². The quantitative estimate of drug-likeness (QED) is 0.854. The van der Waals surface area contributed by atoms with Crippen molar-refractivity contribution in [1.29, 1.82) is 0 Å². The molecule has 3 heteroatoms. The fourth-order valence-corrected chi connectivity index (χ4v) is 3.96. The minimum Gasteiger partial charge on any atom is -0.393 e. The van der Waals surface area contributed by atoms with Gasteiger partial charge in [-0.3, -0.25) is 4.90 Å². The van der Waals surface area contributed by atoms with Gasteiger partial charge < -0.3 is 9.84 Å². The summed E-state index contributed by atoms with van der Waals surface area (Å²) in [5, 5.41) is 10.4. The normalized spacial score (nSPS) is 45.3. The summed E-state index contributed by atoms with van der Waals surface area (Å²) in [6.07, 6.45) is 3.59. The summed E-state index contributed by atoms with van der Waals surface area (Å²) >= 11 is 0. The Hall–Kier alpha value is -0.120. The highest BCUT2D eigenvalue weighted by Gasteiger charge is 2.36. The van der Waals surface area contributed by atoms with Crippen LogP contribution in [0, 0.1) is 17.8 Å². The first-order valence-corrected chi connectivity index (χ1v) is 8.05. The molecular weight excluding hydrogens is 238 g/mol. The van der Waals surface area contributed by atoms with E-state index in [1.165, 1.54) is 6.42 Å². The first kappa shape index (κ1) is 15.3. The van der Waals surface area contributed by atoms with Crippen LogP contribution in [0.1, 0.15) is 47.0 Å². The van der Waals surface area contributed by atoms with Crippen molar-refractivity contribution in [3.63, 3.8) is 0 Å². The Kier molecular flexibility index (Phi) is 5.27. The lowest BCUT2D eigenvalue weighted by molar-refractivity contribution is -0.0799. The van der Waals surface area contributed by atoms with Gasteiger partial charge in [0.25, 0.3) is 0 Å². The number of morpholine rings is 1. The van der Waals surface area contributed by atoms with Gasteiger partial charge in [0, 0.05) is 25.0 Å². The second-order valence-electron chi connectivity index (χ2n) is 6.94. The van der Waals surface area contributed by atoms with Crippen LogP contribution in [0.2, 0.25) is 0 Å². The average molecular weight is 269 g/mol. The maximum atomic E-state index is 10.4. The highest BCUT2D eigenvalue weighted by atomic mass is 16.5. The Morgan fingerprint density at radius 1 is 1.21 bits per heavy atom. The fourth-order valence-electron chi connectivity index (χ4n) is 3.96. The maximum absolute atomic E-state index is 10.4. The van der Waals surface area contributed by atoms with Gasteiger partial charge in [0.05, 0.1) is 18.8 Å². The monoisotopic (exact) mass is 269 g/mol.